The topological polar surface area (TPSA) is 0 Å². The van der Waals surface area contributed by atoms with Crippen LogP contribution in [0.1, 0.15) is 46.5 Å². The highest BCUT2D eigenvalue weighted by molar-refractivity contribution is 5.61. The van der Waals surface area contributed by atoms with Crippen molar-refractivity contribution in [3.63, 3.8) is 0 Å². The molecule has 25 heavy (non-hydrogen) atoms. The predicted octanol–water partition coefficient (Wildman–Crippen LogP) is 7.43. The molecule has 0 saturated carbocycles. The first kappa shape index (κ1) is 19.2. The Morgan fingerprint density at radius 2 is 2.08 bits per heavy atom. The molecule has 0 aromatic heterocycles. The smallest absolute Gasteiger partial charge is 0.00121 e. The third-order valence-electron chi connectivity index (χ3n) is 5.25. The van der Waals surface area contributed by atoms with Crippen LogP contribution in [0.3, 0.4) is 0 Å². The maximum atomic E-state index is 4.41. The van der Waals surface area contributed by atoms with Gasteiger partial charge in [-0.3, -0.25) is 0 Å². The first-order valence-corrected chi connectivity index (χ1v) is 9.44. The second kappa shape index (κ2) is 8.85. The summed E-state index contributed by atoms with van der Waals surface area (Å²) in [4.78, 5) is 0. The Kier molecular flexibility index (Phi) is 6.82. The van der Waals surface area contributed by atoms with E-state index in [1.54, 1.807) is 5.57 Å². The molecule has 0 heterocycles. The van der Waals surface area contributed by atoms with Gasteiger partial charge in [-0.15, -0.1) is 0 Å². The van der Waals surface area contributed by atoms with Crippen LogP contribution in [0.4, 0.5) is 0 Å². The first-order chi connectivity index (χ1) is 12.0. The van der Waals surface area contributed by atoms with E-state index in [9.17, 15) is 0 Å². The van der Waals surface area contributed by atoms with Gasteiger partial charge in [0, 0.05) is 0 Å². The van der Waals surface area contributed by atoms with Crippen LogP contribution in [0, 0.1) is 11.8 Å². The number of rotatable bonds is 7. The van der Waals surface area contributed by atoms with Gasteiger partial charge in [-0.1, -0.05) is 88.1 Å². The van der Waals surface area contributed by atoms with Gasteiger partial charge in [0.2, 0.25) is 0 Å². The highest BCUT2D eigenvalue weighted by Gasteiger charge is 2.27. The summed E-state index contributed by atoms with van der Waals surface area (Å²) in [6, 6.07) is 0. The van der Waals surface area contributed by atoms with E-state index in [-0.39, 0.29) is 0 Å². The van der Waals surface area contributed by atoms with Crippen molar-refractivity contribution in [1.82, 2.24) is 0 Å². The second-order valence-electron chi connectivity index (χ2n) is 7.23. The summed E-state index contributed by atoms with van der Waals surface area (Å²) in [5, 5.41) is 0. The number of hydrogen-bond donors (Lipinski definition) is 0. The number of hydrogen-bond acceptors (Lipinski definition) is 0. The van der Waals surface area contributed by atoms with Crippen molar-refractivity contribution >= 4 is 0 Å². The fourth-order valence-electron chi connectivity index (χ4n) is 3.84. The van der Waals surface area contributed by atoms with Gasteiger partial charge in [0.15, 0.2) is 0 Å². The lowest BCUT2D eigenvalue weighted by atomic mass is 9.87. The maximum Gasteiger partial charge on any atom is -0.00121 e. The van der Waals surface area contributed by atoms with Crippen molar-refractivity contribution in [1.29, 1.82) is 0 Å². The largest absolute Gasteiger partial charge is 0.0990 e. The Hall–Kier alpha value is -2.08. The van der Waals surface area contributed by atoms with Crippen molar-refractivity contribution in [2.45, 2.75) is 46.5 Å². The lowest BCUT2D eigenvalue weighted by Crippen LogP contribution is -2.07. The molecule has 0 radical (unpaired) electrons. The molecule has 0 bridgehead atoms. The van der Waals surface area contributed by atoms with Crippen LogP contribution in [-0.4, -0.2) is 0 Å². The van der Waals surface area contributed by atoms with Crippen molar-refractivity contribution in [2.24, 2.45) is 11.8 Å². The molecule has 2 aliphatic carbocycles. The fourth-order valence-corrected chi connectivity index (χ4v) is 3.84. The van der Waals surface area contributed by atoms with E-state index < -0.39 is 0 Å². The zero-order valence-electron chi connectivity index (χ0n) is 16.1. The van der Waals surface area contributed by atoms with Crippen molar-refractivity contribution in [2.75, 3.05) is 0 Å². The summed E-state index contributed by atoms with van der Waals surface area (Å²) >= 11 is 0. The van der Waals surface area contributed by atoms with Gasteiger partial charge < -0.3 is 0 Å². The quantitative estimate of drug-likeness (QED) is 0.425. The predicted molar refractivity (Wildman–Crippen MR) is 112 cm³/mol. The molecule has 2 rings (SSSR count). The molecule has 0 amide bonds. The van der Waals surface area contributed by atoms with Gasteiger partial charge in [-0.25, -0.2) is 0 Å². The second-order valence-corrected chi connectivity index (χ2v) is 7.23. The Morgan fingerprint density at radius 3 is 2.72 bits per heavy atom. The molecule has 0 aromatic carbocycles. The molecule has 0 aliphatic heterocycles. The zero-order chi connectivity index (χ0) is 18.4. The molecule has 0 aromatic rings. The van der Waals surface area contributed by atoms with Crippen molar-refractivity contribution < 1.29 is 0 Å². The molecule has 0 spiro atoms. The highest BCUT2D eigenvalue weighted by Crippen LogP contribution is 2.43. The summed E-state index contributed by atoms with van der Waals surface area (Å²) < 4.78 is 0. The van der Waals surface area contributed by atoms with E-state index in [0.29, 0.717) is 11.8 Å². The minimum absolute atomic E-state index is 0.412. The number of allylic oxidation sites excluding steroid dienone is 13. The average molecular weight is 333 g/mol. The molecule has 2 unspecified atom stereocenters. The molecule has 0 heteroatoms. The van der Waals surface area contributed by atoms with Gasteiger partial charge in [0.1, 0.15) is 0 Å². The monoisotopic (exact) mass is 332 g/mol. The van der Waals surface area contributed by atoms with Crippen LogP contribution in [0.5, 0.6) is 0 Å². The molecule has 0 N–H and O–H groups in total. The summed E-state index contributed by atoms with van der Waals surface area (Å²) in [5.41, 5.74) is 8.26. The van der Waals surface area contributed by atoms with Crippen LogP contribution >= 0.6 is 0 Å². The Morgan fingerprint density at radius 1 is 1.32 bits per heavy atom. The van der Waals surface area contributed by atoms with Crippen LogP contribution in [-0.2, 0) is 0 Å². The van der Waals surface area contributed by atoms with E-state index in [0.717, 1.165) is 31.3 Å². The van der Waals surface area contributed by atoms with Crippen LogP contribution < -0.4 is 0 Å². The summed E-state index contributed by atoms with van der Waals surface area (Å²) in [6.07, 6.45) is 19.5. The van der Waals surface area contributed by atoms with Crippen LogP contribution in [0.15, 0.2) is 95.7 Å². The molecule has 2 aliphatic rings. The van der Waals surface area contributed by atoms with Gasteiger partial charge in [0.25, 0.3) is 0 Å². The van der Waals surface area contributed by atoms with Crippen LogP contribution in [0.25, 0.3) is 0 Å². The van der Waals surface area contributed by atoms with Crippen LogP contribution in [0.2, 0.25) is 0 Å². The molecule has 2 atom stereocenters. The van der Waals surface area contributed by atoms with Gasteiger partial charge >= 0.3 is 0 Å². The lowest BCUT2D eigenvalue weighted by Gasteiger charge is -2.17. The third kappa shape index (κ3) is 4.51. The molecule has 0 nitrogen and oxygen atoms in total. The molecule has 132 valence electrons. The van der Waals surface area contributed by atoms with Crippen molar-refractivity contribution in [3.8, 4) is 0 Å². The maximum absolute atomic E-state index is 4.41. The van der Waals surface area contributed by atoms with Crippen molar-refractivity contribution in [3.05, 3.63) is 95.7 Å². The Balaban J connectivity index is 2.42. The molecule has 0 fully saturated rings. The standard InChI is InChI=1S/C25H32/c1-7-10-18(4)24-17-22(15-13-21(9-3)11-8-2)20(6)16-23-14-12-19(5)25(23)24/h8-9,11-13,15,17,20,22H,2-4,7,10,14,16H2,1,5-6H3/b15-13+,21-11+. The highest BCUT2D eigenvalue weighted by atomic mass is 14.3. The van der Waals surface area contributed by atoms with E-state index in [1.165, 1.54) is 22.3 Å². The van der Waals surface area contributed by atoms with Gasteiger partial charge in [0.05, 0.1) is 0 Å². The Bertz CT molecular complexity index is 700. The summed E-state index contributed by atoms with van der Waals surface area (Å²) in [5.74, 6) is 0.998. The van der Waals surface area contributed by atoms with E-state index in [2.05, 4.69) is 64.8 Å². The van der Waals surface area contributed by atoms with E-state index >= 15 is 0 Å². The minimum Gasteiger partial charge on any atom is -0.0990 e. The zero-order valence-corrected chi connectivity index (χ0v) is 16.1. The van der Waals surface area contributed by atoms with Gasteiger partial charge in [-0.05, 0) is 65.9 Å². The summed E-state index contributed by atoms with van der Waals surface area (Å²) in [6.45, 7) is 18.9. The van der Waals surface area contributed by atoms with Gasteiger partial charge in [-0.2, -0.15) is 0 Å². The Labute approximate surface area is 154 Å². The molecular formula is C25H32. The van der Waals surface area contributed by atoms with E-state index in [1.807, 2.05) is 18.2 Å². The fraction of sp³-hybridized carbons (Fsp3) is 0.360. The molecule has 0 saturated heterocycles. The molecular weight excluding hydrogens is 300 g/mol. The normalized spacial score (nSPS) is 23.9. The first-order valence-electron chi connectivity index (χ1n) is 9.44. The summed E-state index contributed by atoms with van der Waals surface area (Å²) in [7, 11) is 0. The minimum atomic E-state index is 0.412. The average Bonchev–Trinajstić information content (AvgIpc) is 2.86. The third-order valence-corrected chi connectivity index (χ3v) is 5.25. The van der Waals surface area contributed by atoms with E-state index in [4.69, 9.17) is 0 Å². The lowest BCUT2D eigenvalue weighted by molar-refractivity contribution is 0.494. The SMILES string of the molecule is C=C/C=C(C=C)/C=C/C1C=C(C(=C)CCC)C2=C(CC=C2C)CC1C.